The number of morpholine rings is 1. The molecule has 2 heterocycles. The van der Waals surface area contributed by atoms with Crippen LogP contribution in [-0.4, -0.2) is 41.4 Å². The first-order valence-electron chi connectivity index (χ1n) is 5.77. The topological polar surface area (TPSA) is 62.7 Å². The van der Waals surface area contributed by atoms with E-state index in [9.17, 15) is 9.18 Å². The summed E-state index contributed by atoms with van der Waals surface area (Å²) in [5, 5.41) is 8.88. The number of carbonyl (C=O) groups is 1. The summed E-state index contributed by atoms with van der Waals surface area (Å²) >= 11 is 0. The molecule has 2 rings (SSSR count). The number of carboxylic acid groups (broad SMARTS) is 1. The number of aromatic nitrogens is 1. The Morgan fingerprint density at radius 2 is 2.11 bits per heavy atom. The number of rotatable bonds is 2. The van der Waals surface area contributed by atoms with Crippen molar-refractivity contribution in [3.05, 3.63) is 23.6 Å². The van der Waals surface area contributed by atoms with Gasteiger partial charge in [0.05, 0.1) is 12.2 Å². The normalized spacial score (nSPS) is 24.1. The van der Waals surface area contributed by atoms with Gasteiger partial charge in [0, 0.05) is 19.3 Å². The van der Waals surface area contributed by atoms with Crippen molar-refractivity contribution in [2.75, 3.05) is 18.0 Å². The van der Waals surface area contributed by atoms with Crippen LogP contribution in [0.15, 0.2) is 12.3 Å². The molecule has 0 radical (unpaired) electrons. The molecule has 18 heavy (non-hydrogen) atoms. The summed E-state index contributed by atoms with van der Waals surface area (Å²) in [5.74, 6) is -1.99. The molecule has 0 spiro atoms. The van der Waals surface area contributed by atoms with Gasteiger partial charge in [0.2, 0.25) is 0 Å². The fourth-order valence-corrected chi connectivity index (χ4v) is 2.17. The molecule has 1 N–H and O–H groups in total. The Labute approximate surface area is 104 Å². The number of carboxylic acids is 1. The second-order valence-corrected chi connectivity index (χ2v) is 4.46. The molecule has 0 amide bonds. The molecule has 1 aliphatic heterocycles. The van der Waals surface area contributed by atoms with Crippen LogP contribution in [0.1, 0.15) is 24.2 Å². The molecule has 5 nitrogen and oxygen atoms in total. The van der Waals surface area contributed by atoms with Crippen molar-refractivity contribution in [2.24, 2.45) is 0 Å². The maximum atomic E-state index is 14.0. The minimum absolute atomic E-state index is 0.0385. The third-order valence-corrected chi connectivity index (χ3v) is 2.82. The minimum atomic E-state index is -1.29. The lowest BCUT2D eigenvalue weighted by atomic mass is 10.2. The van der Waals surface area contributed by atoms with E-state index < -0.39 is 11.8 Å². The van der Waals surface area contributed by atoms with Gasteiger partial charge in [-0.05, 0) is 19.9 Å². The van der Waals surface area contributed by atoms with Gasteiger partial charge in [-0.25, -0.2) is 14.2 Å². The first-order chi connectivity index (χ1) is 8.49. The highest BCUT2D eigenvalue weighted by Gasteiger charge is 2.27. The Bertz CT molecular complexity index is 457. The van der Waals surface area contributed by atoms with Crippen molar-refractivity contribution in [1.82, 2.24) is 4.98 Å². The highest BCUT2D eigenvalue weighted by molar-refractivity contribution is 5.88. The molecular formula is C12H15FN2O3. The van der Waals surface area contributed by atoms with Gasteiger partial charge < -0.3 is 14.7 Å². The maximum Gasteiger partial charge on any atom is 0.338 e. The van der Waals surface area contributed by atoms with E-state index in [-0.39, 0.29) is 23.6 Å². The molecule has 1 saturated heterocycles. The van der Waals surface area contributed by atoms with Gasteiger partial charge in [0.25, 0.3) is 0 Å². The largest absolute Gasteiger partial charge is 0.478 e. The molecule has 1 aromatic rings. The summed E-state index contributed by atoms with van der Waals surface area (Å²) in [5.41, 5.74) is -0.355. The summed E-state index contributed by atoms with van der Waals surface area (Å²) in [6, 6.07) is 1.16. The van der Waals surface area contributed by atoms with Crippen LogP contribution in [0.25, 0.3) is 0 Å². The molecule has 1 aliphatic rings. The third-order valence-electron chi connectivity index (χ3n) is 2.82. The number of aromatic carboxylic acids is 1. The van der Waals surface area contributed by atoms with Crippen LogP contribution in [0.4, 0.5) is 10.2 Å². The average Bonchev–Trinajstić information content (AvgIpc) is 2.27. The molecule has 1 fully saturated rings. The summed E-state index contributed by atoms with van der Waals surface area (Å²) in [7, 11) is 0. The Hall–Kier alpha value is -1.69. The van der Waals surface area contributed by atoms with Gasteiger partial charge in [-0.1, -0.05) is 0 Å². The number of ether oxygens (including phenoxy) is 1. The van der Waals surface area contributed by atoms with Gasteiger partial charge in [0.1, 0.15) is 5.56 Å². The summed E-state index contributed by atoms with van der Waals surface area (Å²) in [6.07, 6.45) is 1.24. The van der Waals surface area contributed by atoms with Gasteiger partial charge in [0.15, 0.2) is 11.6 Å². The lowest BCUT2D eigenvalue weighted by Gasteiger charge is -2.36. The molecule has 0 unspecified atom stereocenters. The molecule has 0 saturated carbocycles. The molecule has 98 valence electrons. The average molecular weight is 254 g/mol. The van der Waals surface area contributed by atoms with Gasteiger partial charge >= 0.3 is 5.97 Å². The lowest BCUT2D eigenvalue weighted by Crippen LogP contribution is -2.46. The van der Waals surface area contributed by atoms with E-state index in [0.29, 0.717) is 13.1 Å². The fourth-order valence-electron chi connectivity index (χ4n) is 2.17. The molecule has 0 aromatic carbocycles. The van der Waals surface area contributed by atoms with Crippen LogP contribution in [0, 0.1) is 5.82 Å². The number of halogens is 1. The lowest BCUT2D eigenvalue weighted by molar-refractivity contribution is -0.00565. The van der Waals surface area contributed by atoms with E-state index in [1.54, 1.807) is 4.90 Å². The highest BCUT2D eigenvalue weighted by Crippen LogP contribution is 2.23. The van der Waals surface area contributed by atoms with Crippen LogP contribution in [0.5, 0.6) is 0 Å². The second kappa shape index (κ2) is 4.89. The standard InChI is InChI=1S/C12H15FN2O3/c1-7-5-15(6-8(2)18-7)11-10(13)9(12(16)17)3-4-14-11/h3-4,7-8H,5-6H2,1-2H3,(H,16,17)/t7-,8+. The van der Waals surface area contributed by atoms with E-state index in [4.69, 9.17) is 9.84 Å². The number of pyridine rings is 1. The van der Waals surface area contributed by atoms with Crippen molar-refractivity contribution in [2.45, 2.75) is 26.1 Å². The maximum absolute atomic E-state index is 14.0. The number of nitrogens with zero attached hydrogens (tertiary/aromatic N) is 2. The van der Waals surface area contributed by atoms with Crippen LogP contribution in [0.3, 0.4) is 0 Å². The SMILES string of the molecule is C[C@@H]1CN(c2nccc(C(=O)O)c2F)C[C@H](C)O1. The molecule has 1 aromatic heterocycles. The van der Waals surface area contributed by atoms with Crippen LogP contribution in [-0.2, 0) is 4.74 Å². The second-order valence-electron chi connectivity index (χ2n) is 4.46. The van der Waals surface area contributed by atoms with Crippen LogP contribution >= 0.6 is 0 Å². The highest BCUT2D eigenvalue weighted by atomic mass is 19.1. The molecule has 2 atom stereocenters. The summed E-state index contributed by atoms with van der Waals surface area (Å²) in [4.78, 5) is 16.5. The summed E-state index contributed by atoms with van der Waals surface area (Å²) in [6.45, 7) is 4.78. The van der Waals surface area contributed by atoms with Gasteiger partial charge in [-0.3, -0.25) is 0 Å². The van der Waals surface area contributed by atoms with E-state index >= 15 is 0 Å². The first kappa shape index (κ1) is 12.8. The molecule has 6 heteroatoms. The number of hydrogen-bond donors (Lipinski definition) is 1. The quantitative estimate of drug-likeness (QED) is 0.867. The third kappa shape index (κ3) is 2.43. The van der Waals surface area contributed by atoms with Crippen molar-refractivity contribution in [1.29, 1.82) is 0 Å². The van der Waals surface area contributed by atoms with E-state index in [2.05, 4.69) is 4.98 Å². The smallest absolute Gasteiger partial charge is 0.338 e. The zero-order valence-corrected chi connectivity index (χ0v) is 10.3. The monoisotopic (exact) mass is 254 g/mol. The van der Waals surface area contributed by atoms with E-state index in [1.165, 1.54) is 6.20 Å². The molecular weight excluding hydrogens is 239 g/mol. The Kier molecular flexibility index (Phi) is 3.47. The summed E-state index contributed by atoms with van der Waals surface area (Å²) < 4.78 is 19.6. The molecule has 0 aliphatic carbocycles. The predicted octanol–water partition coefficient (Wildman–Crippen LogP) is 1.53. The van der Waals surface area contributed by atoms with Crippen molar-refractivity contribution < 1.29 is 19.0 Å². The Morgan fingerprint density at radius 3 is 2.67 bits per heavy atom. The fraction of sp³-hybridized carbons (Fsp3) is 0.500. The Balaban J connectivity index is 2.33. The van der Waals surface area contributed by atoms with Crippen molar-refractivity contribution in [3.8, 4) is 0 Å². The number of hydrogen-bond acceptors (Lipinski definition) is 4. The van der Waals surface area contributed by atoms with Crippen LogP contribution < -0.4 is 4.90 Å². The van der Waals surface area contributed by atoms with Gasteiger partial charge in [-0.15, -0.1) is 0 Å². The zero-order valence-electron chi connectivity index (χ0n) is 10.3. The Morgan fingerprint density at radius 1 is 1.50 bits per heavy atom. The van der Waals surface area contributed by atoms with Crippen LogP contribution in [0.2, 0.25) is 0 Å². The number of anilines is 1. The van der Waals surface area contributed by atoms with Crippen molar-refractivity contribution in [3.63, 3.8) is 0 Å². The van der Waals surface area contributed by atoms with E-state index in [1.807, 2.05) is 13.8 Å². The molecule has 0 bridgehead atoms. The predicted molar refractivity (Wildman–Crippen MR) is 63.4 cm³/mol. The minimum Gasteiger partial charge on any atom is -0.478 e. The van der Waals surface area contributed by atoms with E-state index in [0.717, 1.165) is 6.07 Å². The first-order valence-corrected chi connectivity index (χ1v) is 5.77. The zero-order chi connectivity index (χ0) is 13.3. The van der Waals surface area contributed by atoms with Crippen molar-refractivity contribution >= 4 is 11.8 Å². The van der Waals surface area contributed by atoms with Gasteiger partial charge in [-0.2, -0.15) is 0 Å².